The van der Waals surface area contributed by atoms with E-state index in [9.17, 15) is 9.59 Å². The van der Waals surface area contributed by atoms with Crippen molar-refractivity contribution in [3.63, 3.8) is 0 Å². The minimum atomic E-state index is -1.37. The Labute approximate surface area is 164 Å². The summed E-state index contributed by atoms with van der Waals surface area (Å²) >= 11 is 0. The molecule has 0 bridgehead atoms. The predicted molar refractivity (Wildman–Crippen MR) is 99.5 cm³/mol. The zero-order valence-electron chi connectivity index (χ0n) is 16.3. The average Bonchev–Trinajstić information content (AvgIpc) is 3.35. The van der Waals surface area contributed by atoms with E-state index in [4.69, 9.17) is 18.9 Å². The lowest BCUT2D eigenvalue weighted by molar-refractivity contribution is -0.161. The maximum Gasteiger partial charge on any atom is 0.336 e. The highest BCUT2D eigenvalue weighted by Crippen LogP contribution is 2.47. The van der Waals surface area contributed by atoms with Gasteiger partial charge in [-0.25, -0.2) is 4.79 Å². The second-order valence-corrected chi connectivity index (χ2v) is 8.05. The third-order valence-corrected chi connectivity index (χ3v) is 5.67. The summed E-state index contributed by atoms with van der Waals surface area (Å²) in [5.74, 6) is -2.05. The van der Waals surface area contributed by atoms with Gasteiger partial charge < -0.3 is 24.3 Å². The van der Waals surface area contributed by atoms with Crippen LogP contribution in [0.25, 0.3) is 0 Å². The van der Waals surface area contributed by atoms with Crippen LogP contribution in [-0.4, -0.2) is 55.2 Å². The molecule has 150 valence electrons. The van der Waals surface area contributed by atoms with E-state index in [1.807, 2.05) is 26.0 Å². The topological polar surface area (TPSA) is 86.4 Å². The van der Waals surface area contributed by atoms with Crippen LogP contribution < -0.4 is 5.32 Å². The van der Waals surface area contributed by atoms with E-state index in [2.05, 4.69) is 5.32 Å². The van der Waals surface area contributed by atoms with Crippen LogP contribution >= 0.6 is 0 Å². The molecular weight excluding hydrogens is 362 g/mol. The Hall–Kier alpha value is -2.22. The van der Waals surface area contributed by atoms with E-state index < -0.39 is 34.9 Å². The number of hydrogen-bond acceptors (Lipinski definition) is 6. The van der Waals surface area contributed by atoms with Crippen molar-refractivity contribution < 1.29 is 28.5 Å². The smallest absolute Gasteiger partial charge is 0.336 e. The second kappa shape index (κ2) is 6.69. The van der Waals surface area contributed by atoms with Gasteiger partial charge in [-0.3, -0.25) is 4.79 Å². The van der Waals surface area contributed by atoms with E-state index in [-0.39, 0.29) is 5.91 Å². The normalized spacial score (nSPS) is 35.5. The van der Waals surface area contributed by atoms with Crippen LogP contribution in [0.2, 0.25) is 0 Å². The molecular formula is C21H25NO6. The van der Waals surface area contributed by atoms with E-state index in [0.29, 0.717) is 25.2 Å². The van der Waals surface area contributed by atoms with Gasteiger partial charge in [0.1, 0.15) is 5.60 Å². The highest BCUT2D eigenvalue weighted by atomic mass is 16.7. The molecule has 1 N–H and O–H groups in total. The number of nitrogens with one attached hydrogen (secondary N) is 1. The summed E-state index contributed by atoms with van der Waals surface area (Å²) in [5.41, 5.74) is -1.31. The van der Waals surface area contributed by atoms with E-state index in [1.165, 1.54) is 7.11 Å². The van der Waals surface area contributed by atoms with Gasteiger partial charge in [-0.1, -0.05) is 24.3 Å². The van der Waals surface area contributed by atoms with Gasteiger partial charge in [-0.15, -0.1) is 0 Å². The summed E-state index contributed by atoms with van der Waals surface area (Å²) in [7, 11) is 1.32. The fourth-order valence-electron chi connectivity index (χ4n) is 4.08. The molecule has 4 rings (SSSR count). The molecule has 4 atom stereocenters. The molecule has 0 aromatic heterocycles. The Bertz CT molecular complexity index is 800. The van der Waals surface area contributed by atoms with Crippen molar-refractivity contribution in [2.45, 2.75) is 43.3 Å². The molecule has 0 radical (unpaired) electrons. The van der Waals surface area contributed by atoms with E-state index in [1.54, 1.807) is 30.3 Å². The maximum absolute atomic E-state index is 13.0. The zero-order chi connectivity index (χ0) is 20.0. The Morgan fingerprint density at radius 3 is 2.43 bits per heavy atom. The predicted octanol–water partition coefficient (Wildman–Crippen LogP) is 1.82. The van der Waals surface area contributed by atoms with Crippen LogP contribution in [0.4, 0.5) is 0 Å². The van der Waals surface area contributed by atoms with Crippen LogP contribution in [0, 0.1) is 5.92 Å². The number of methoxy groups -OCH3 is 1. The fraction of sp³-hybridized carbons (Fsp3) is 0.524. The minimum Gasteiger partial charge on any atom is -0.467 e. The Balaban J connectivity index is 1.71. The van der Waals surface area contributed by atoms with Crippen molar-refractivity contribution in [2.75, 3.05) is 20.3 Å². The van der Waals surface area contributed by atoms with Crippen LogP contribution in [0.15, 0.2) is 42.5 Å². The number of epoxide rings is 1. The summed E-state index contributed by atoms with van der Waals surface area (Å²) in [6.45, 7) is 4.57. The highest BCUT2D eigenvalue weighted by Gasteiger charge is 2.60. The Kier molecular flexibility index (Phi) is 4.56. The second-order valence-electron chi connectivity index (χ2n) is 8.05. The maximum atomic E-state index is 13.0. The summed E-state index contributed by atoms with van der Waals surface area (Å²) in [6, 6.07) is 8.78. The van der Waals surface area contributed by atoms with Gasteiger partial charge >= 0.3 is 5.97 Å². The average molecular weight is 387 g/mol. The first-order valence-corrected chi connectivity index (χ1v) is 9.41. The molecule has 2 fully saturated rings. The van der Waals surface area contributed by atoms with Gasteiger partial charge in [0.15, 0.2) is 11.3 Å². The number of hydrogen-bond donors (Lipinski definition) is 1. The lowest BCUT2D eigenvalue weighted by atomic mass is 9.70. The number of amides is 1. The first-order valence-electron chi connectivity index (χ1n) is 9.41. The van der Waals surface area contributed by atoms with Crippen molar-refractivity contribution in [1.29, 1.82) is 0 Å². The molecule has 1 spiro atoms. The standard InChI is InChI=1S/C21H25NO6/c1-19(2)26-12-16(28-19)15-11-20(13-27-20)9-10-21(15,18(24)25-3)22-17(23)14-7-5-4-6-8-14/h4-10,15-16H,11-13H2,1-3H3,(H,22,23)/t15-,16+,20?,21-/m0/s1. The molecule has 3 aliphatic rings. The summed E-state index contributed by atoms with van der Waals surface area (Å²) in [5, 5.41) is 2.93. The SMILES string of the molecule is COC(=O)[C@]1(NC(=O)c2ccccc2)C=CC2(CO2)C[C@H]1[C@H]1COC(C)(C)O1. The molecule has 1 amide bonds. The fourth-order valence-corrected chi connectivity index (χ4v) is 4.08. The van der Waals surface area contributed by atoms with Crippen LogP contribution in [-0.2, 0) is 23.7 Å². The van der Waals surface area contributed by atoms with Gasteiger partial charge in [0.05, 0.1) is 26.4 Å². The number of ether oxygens (including phenoxy) is 4. The van der Waals surface area contributed by atoms with Gasteiger partial charge in [0, 0.05) is 11.5 Å². The Morgan fingerprint density at radius 1 is 1.14 bits per heavy atom. The molecule has 0 saturated carbocycles. The molecule has 2 heterocycles. The molecule has 7 nitrogen and oxygen atoms in total. The monoisotopic (exact) mass is 387 g/mol. The molecule has 1 aromatic carbocycles. The lowest BCUT2D eigenvalue weighted by Gasteiger charge is -2.42. The third-order valence-electron chi connectivity index (χ3n) is 5.67. The van der Waals surface area contributed by atoms with Gasteiger partial charge in [0.2, 0.25) is 0 Å². The largest absolute Gasteiger partial charge is 0.467 e. The highest BCUT2D eigenvalue weighted by molar-refractivity contribution is 5.99. The van der Waals surface area contributed by atoms with Crippen LogP contribution in [0.5, 0.6) is 0 Å². The number of carbonyl (C=O) groups excluding carboxylic acids is 2. The molecule has 1 aromatic rings. The van der Waals surface area contributed by atoms with Crippen LogP contribution in [0.3, 0.4) is 0 Å². The van der Waals surface area contributed by atoms with Crippen molar-refractivity contribution >= 4 is 11.9 Å². The third kappa shape index (κ3) is 3.34. The molecule has 7 heteroatoms. The molecule has 2 aliphatic heterocycles. The van der Waals surface area contributed by atoms with Gasteiger partial charge in [-0.05, 0) is 38.5 Å². The van der Waals surface area contributed by atoms with E-state index >= 15 is 0 Å². The first kappa shape index (κ1) is 19.1. The van der Waals surface area contributed by atoms with Crippen molar-refractivity contribution in [1.82, 2.24) is 5.32 Å². The number of esters is 1. The minimum absolute atomic E-state index is 0.321. The lowest BCUT2D eigenvalue weighted by Crippen LogP contribution is -2.64. The summed E-state index contributed by atoms with van der Waals surface area (Å²) in [6.07, 6.45) is 3.69. The number of carbonyl (C=O) groups is 2. The molecule has 2 saturated heterocycles. The summed E-state index contributed by atoms with van der Waals surface area (Å²) < 4.78 is 22.6. The van der Waals surface area contributed by atoms with Gasteiger partial charge in [0.25, 0.3) is 5.91 Å². The van der Waals surface area contributed by atoms with E-state index in [0.717, 1.165) is 0 Å². The first-order chi connectivity index (χ1) is 13.3. The molecule has 1 unspecified atom stereocenters. The van der Waals surface area contributed by atoms with Gasteiger partial charge in [-0.2, -0.15) is 0 Å². The zero-order valence-corrected chi connectivity index (χ0v) is 16.3. The molecule has 28 heavy (non-hydrogen) atoms. The Morgan fingerprint density at radius 2 is 1.86 bits per heavy atom. The van der Waals surface area contributed by atoms with Crippen molar-refractivity contribution in [3.05, 3.63) is 48.0 Å². The number of rotatable bonds is 4. The quantitative estimate of drug-likeness (QED) is 0.482. The number of benzene rings is 1. The summed E-state index contributed by atoms with van der Waals surface area (Å²) in [4.78, 5) is 25.9. The van der Waals surface area contributed by atoms with Crippen molar-refractivity contribution in [2.24, 2.45) is 5.92 Å². The van der Waals surface area contributed by atoms with Crippen molar-refractivity contribution in [3.8, 4) is 0 Å². The van der Waals surface area contributed by atoms with Crippen LogP contribution in [0.1, 0.15) is 30.6 Å². The molecule has 1 aliphatic carbocycles.